The van der Waals surface area contributed by atoms with Crippen LogP contribution >= 0.6 is 0 Å². The highest BCUT2D eigenvalue weighted by Crippen LogP contribution is 2.48. The van der Waals surface area contributed by atoms with Crippen molar-refractivity contribution in [2.45, 2.75) is 56.3 Å². The fourth-order valence-electron chi connectivity index (χ4n) is 4.68. The topological polar surface area (TPSA) is 104 Å². The summed E-state index contributed by atoms with van der Waals surface area (Å²) in [6.45, 7) is 1.86. The minimum absolute atomic E-state index is 0.0928. The summed E-state index contributed by atoms with van der Waals surface area (Å²) in [6, 6.07) is 6.83. The lowest BCUT2D eigenvalue weighted by atomic mass is 9.93. The number of nitrogens with one attached hydrogen (secondary N) is 2. The fraction of sp³-hybridized carbons (Fsp3) is 0.400. The van der Waals surface area contributed by atoms with Gasteiger partial charge in [-0.1, -0.05) is 25.1 Å². The summed E-state index contributed by atoms with van der Waals surface area (Å²) in [4.78, 5) is 31.6. The predicted octanol–water partition coefficient (Wildman–Crippen LogP) is 2.78. The Morgan fingerprint density at radius 3 is 2.74 bits per heavy atom. The molecule has 182 valence electrons. The van der Waals surface area contributed by atoms with Crippen LogP contribution in [-0.2, 0) is 21.4 Å². The molecule has 1 aliphatic carbocycles. The molecule has 2 amide bonds. The highest BCUT2D eigenvalue weighted by atomic mass is 19.1. The second kappa shape index (κ2) is 9.16. The molecule has 0 radical (unpaired) electrons. The second-order valence-electron chi connectivity index (χ2n) is 9.56. The number of halogens is 2. The summed E-state index contributed by atoms with van der Waals surface area (Å²) >= 11 is 0. The number of aromatic nitrogens is 4. The third kappa shape index (κ3) is 4.78. The number of benzene rings is 1. The van der Waals surface area contributed by atoms with Gasteiger partial charge in [-0.05, 0) is 47.1 Å². The quantitative estimate of drug-likeness (QED) is 0.541. The maximum Gasteiger partial charge on any atom is 0.243 e. The number of pyridine rings is 1. The summed E-state index contributed by atoms with van der Waals surface area (Å²) in [5, 5.41) is 12.9. The first-order chi connectivity index (χ1) is 16.8. The van der Waals surface area contributed by atoms with Gasteiger partial charge in [0.2, 0.25) is 11.8 Å². The molecular formula is C25H26F2N6O2. The van der Waals surface area contributed by atoms with Gasteiger partial charge >= 0.3 is 0 Å². The van der Waals surface area contributed by atoms with Crippen molar-refractivity contribution >= 4 is 11.8 Å². The van der Waals surface area contributed by atoms with Gasteiger partial charge in [-0.25, -0.2) is 8.78 Å². The molecule has 2 aromatic heterocycles. The average Bonchev–Trinajstić information content (AvgIpc) is 3.21. The number of rotatable bonds is 7. The first-order valence-electron chi connectivity index (χ1n) is 11.6. The summed E-state index contributed by atoms with van der Waals surface area (Å²) in [5.41, 5.74) is 2.14. The zero-order valence-corrected chi connectivity index (χ0v) is 19.2. The van der Waals surface area contributed by atoms with Gasteiger partial charge in [0, 0.05) is 18.8 Å². The molecule has 0 bridgehead atoms. The summed E-state index contributed by atoms with van der Waals surface area (Å²) < 4.78 is 29.4. The largest absolute Gasteiger partial charge is 0.343 e. The number of aromatic amines is 1. The molecule has 0 spiro atoms. The van der Waals surface area contributed by atoms with E-state index in [0.717, 1.165) is 12.8 Å². The highest BCUT2D eigenvalue weighted by molar-refractivity contribution is 5.89. The van der Waals surface area contributed by atoms with Crippen molar-refractivity contribution in [1.82, 2.24) is 30.6 Å². The lowest BCUT2D eigenvalue weighted by Gasteiger charge is -2.27. The zero-order chi connectivity index (χ0) is 24.6. The van der Waals surface area contributed by atoms with Crippen LogP contribution in [-0.4, -0.2) is 55.9 Å². The lowest BCUT2D eigenvalue weighted by molar-refractivity contribution is -0.138. The van der Waals surface area contributed by atoms with Crippen molar-refractivity contribution in [3.8, 4) is 0 Å². The molecule has 3 heterocycles. The third-order valence-electron chi connectivity index (χ3n) is 6.95. The monoisotopic (exact) mass is 480 g/mol. The number of amides is 2. The summed E-state index contributed by atoms with van der Waals surface area (Å²) in [7, 11) is 0. The van der Waals surface area contributed by atoms with E-state index in [4.69, 9.17) is 0 Å². The van der Waals surface area contributed by atoms with E-state index in [-0.39, 0.29) is 30.6 Å². The van der Waals surface area contributed by atoms with Crippen LogP contribution in [0.25, 0.3) is 0 Å². The Balaban J connectivity index is 1.39. The molecule has 1 aromatic carbocycles. The normalized spacial score (nSPS) is 21.5. The molecule has 2 aliphatic rings. The van der Waals surface area contributed by atoms with E-state index in [0.29, 0.717) is 22.4 Å². The van der Waals surface area contributed by atoms with Crippen LogP contribution in [0.5, 0.6) is 0 Å². The predicted molar refractivity (Wildman–Crippen MR) is 122 cm³/mol. The van der Waals surface area contributed by atoms with Gasteiger partial charge in [-0.15, -0.1) is 0 Å². The van der Waals surface area contributed by atoms with Gasteiger partial charge in [0.15, 0.2) is 0 Å². The van der Waals surface area contributed by atoms with E-state index in [1.807, 2.05) is 6.92 Å². The standard InChI is InChI=1S/C25H26F2N6O2/c1-25(6-7-25)19-5-4-15(9-20(19)27)23(16-3-2-8-28-12-16)30-24(35)21-10-17(26)14-33(21)22(34)11-18-13-29-32-31-18/h2-5,8-9,12-13,17,21,23H,6-7,10-11,14H2,1H3,(H,30,35)(H,29,31,32)/t17-,21+,23-/m1/s1. The number of H-pyrrole nitrogens is 1. The minimum Gasteiger partial charge on any atom is -0.343 e. The van der Waals surface area contributed by atoms with E-state index in [9.17, 15) is 14.0 Å². The lowest BCUT2D eigenvalue weighted by Crippen LogP contribution is -2.47. The molecule has 3 aromatic rings. The van der Waals surface area contributed by atoms with Crippen LogP contribution in [0.2, 0.25) is 0 Å². The number of hydrogen-bond acceptors (Lipinski definition) is 5. The van der Waals surface area contributed by atoms with Gasteiger partial charge < -0.3 is 10.2 Å². The molecule has 35 heavy (non-hydrogen) atoms. The van der Waals surface area contributed by atoms with Crippen molar-refractivity contribution in [2.24, 2.45) is 0 Å². The van der Waals surface area contributed by atoms with Crippen LogP contribution in [0.1, 0.15) is 54.6 Å². The van der Waals surface area contributed by atoms with Gasteiger partial charge in [0.05, 0.1) is 30.9 Å². The van der Waals surface area contributed by atoms with Crippen molar-refractivity contribution in [3.05, 3.63) is 77.1 Å². The smallest absolute Gasteiger partial charge is 0.243 e. The van der Waals surface area contributed by atoms with Crippen LogP contribution in [0.15, 0.2) is 48.9 Å². The van der Waals surface area contributed by atoms with E-state index < -0.39 is 30.1 Å². The van der Waals surface area contributed by atoms with E-state index in [2.05, 4.69) is 25.7 Å². The Morgan fingerprint density at radius 2 is 2.09 bits per heavy atom. The van der Waals surface area contributed by atoms with Crippen molar-refractivity contribution in [3.63, 3.8) is 0 Å². The summed E-state index contributed by atoms with van der Waals surface area (Å²) in [6.07, 6.45) is 4.97. The molecule has 8 nitrogen and oxygen atoms in total. The molecule has 1 saturated carbocycles. The number of alkyl halides is 1. The molecule has 10 heteroatoms. The van der Waals surface area contributed by atoms with E-state index >= 15 is 4.39 Å². The van der Waals surface area contributed by atoms with Crippen LogP contribution < -0.4 is 5.32 Å². The van der Waals surface area contributed by atoms with Crippen molar-refractivity contribution in [1.29, 1.82) is 0 Å². The Kier molecular flexibility index (Phi) is 6.04. The van der Waals surface area contributed by atoms with E-state index in [1.54, 1.807) is 36.7 Å². The number of carbonyl (C=O) groups is 2. The van der Waals surface area contributed by atoms with Gasteiger partial charge in [0.25, 0.3) is 0 Å². The minimum atomic E-state index is -1.32. The number of nitrogens with zero attached hydrogens (tertiary/aromatic N) is 4. The molecular weight excluding hydrogens is 454 g/mol. The number of likely N-dealkylation sites (tertiary alicyclic amines) is 1. The highest BCUT2D eigenvalue weighted by Gasteiger charge is 2.42. The Morgan fingerprint density at radius 1 is 1.26 bits per heavy atom. The maximum absolute atomic E-state index is 15.1. The SMILES string of the molecule is CC1(c2ccc([C@@H](NC(=O)[C@@H]3C[C@@H](F)CN3C(=O)Cc3cn[nH]n3)c3cccnc3)cc2F)CC1. The van der Waals surface area contributed by atoms with Crippen LogP contribution in [0.4, 0.5) is 8.78 Å². The van der Waals surface area contributed by atoms with Crippen LogP contribution in [0, 0.1) is 5.82 Å². The van der Waals surface area contributed by atoms with Crippen molar-refractivity contribution in [2.75, 3.05) is 6.54 Å². The maximum atomic E-state index is 15.1. The molecule has 3 atom stereocenters. The Hall–Kier alpha value is -3.69. The van der Waals surface area contributed by atoms with Gasteiger partial charge in [-0.3, -0.25) is 14.6 Å². The fourth-order valence-corrected chi connectivity index (χ4v) is 4.68. The molecule has 2 N–H and O–H groups in total. The third-order valence-corrected chi connectivity index (χ3v) is 6.95. The molecule has 5 rings (SSSR count). The molecule has 1 aliphatic heterocycles. The van der Waals surface area contributed by atoms with Crippen LogP contribution in [0.3, 0.4) is 0 Å². The first-order valence-corrected chi connectivity index (χ1v) is 11.6. The van der Waals surface area contributed by atoms with Gasteiger partial charge in [-0.2, -0.15) is 15.4 Å². The first kappa shape index (κ1) is 23.1. The number of hydrogen-bond donors (Lipinski definition) is 2. The average molecular weight is 481 g/mol. The molecule has 0 unspecified atom stereocenters. The zero-order valence-electron chi connectivity index (χ0n) is 19.2. The molecule has 1 saturated heterocycles. The Labute approximate surface area is 201 Å². The Bertz CT molecular complexity index is 1220. The summed E-state index contributed by atoms with van der Waals surface area (Å²) in [5.74, 6) is -1.24. The van der Waals surface area contributed by atoms with Crippen molar-refractivity contribution < 1.29 is 18.4 Å². The molecule has 2 fully saturated rings. The number of carbonyl (C=O) groups excluding carboxylic acids is 2. The second-order valence-corrected chi connectivity index (χ2v) is 9.56. The van der Waals surface area contributed by atoms with Gasteiger partial charge in [0.1, 0.15) is 18.0 Å². The van der Waals surface area contributed by atoms with E-state index in [1.165, 1.54) is 17.2 Å².